The molecule has 11 nitrogen and oxygen atoms in total. The van der Waals surface area contributed by atoms with Crippen molar-refractivity contribution in [3.63, 3.8) is 0 Å². The lowest BCUT2D eigenvalue weighted by Crippen LogP contribution is -2.33. The monoisotopic (exact) mass is 524 g/mol. The Bertz CT molecular complexity index is 1020. The van der Waals surface area contributed by atoms with Crippen molar-refractivity contribution in [1.29, 1.82) is 0 Å². The van der Waals surface area contributed by atoms with Gasteiger partial charge in [-0.1, -0.05) is 24.4 Å². The minimum Gasteiger partial charge on any atom is -0.497 e. The first-order chi connectivity index (χ1) is 16.6. The smallest absolute Gasteiger partial charge is 0.497 e. The molecule has 13 heteroatoms. The summed E-state index contributed by atoms with van der Waals surface area (Å²) in [6.45, 7) is 0. The molecule has 2 rings (SSSR count). The summed E-state index contributed by atoms with van der Waals surface area (Å²) in [5, 5.41) is 1.86. The van der Waals surface area contributed by atoms with Gasteiger partial charge in [0.1, 0.15) is 33.0 Å². The number of hydrogen-bond donors (Lipinski definition) is 0. The average molecular weight is 525 g/mol. The summed E-state index contributed by atoms with van der Waals surface area (Å²) >= 11 is 10.7. The number of benzene rings is 2. The second-order valence-electron chi connectivity index (χ2n) is 6.52. The predicted octanol–water partition coefficient (Wildman–Crippen LogP) is 3.76. The topological polar surface area (TPSA) is 105 Å². The van der Waals surface area contributed by atoms with Crippen LogP contribution in [0.25, 0.3) is 0 Å². The van der Waals surface area contributed by atoms with Crippen LogP contribution < -0.4 is 18.9 Å². The maximum Gasteiger partial charge on any atom is 0.543 e. The van der Waals surface area contributed by atoms with E-state index in [4.69, 9.17) is 53.1 Å². The lowest BCUT2D eigenvalue weighted by atomic mass is 10.2. The van der Waals surface area contributed by atoms with Crippen LogP contribution in [-0.2, 0) is 14.4 Å². The van der Waals surface area contributed by atoms with Gasteiger partial charge in [-0.2, -0.15) is 10.1 Å². The average Bonchev–Trinajstić information content (AvgIpc) is 2.86. The summed E-state index contributed by atoms with van der Waals surface area (Å²) < 4.78 is 25.4. The minimum atomic E-state index is -1.39. The zero-order valence-corrected chi connectivity index (χ0v) is 21.5. The van der Waals surface area contributed by atoms with Gasteiger partial charge >= 0.3 is 12.3 Å². The molecule has 0 bridgehead atoms. The molecule has 0 aliphatic carbocycles. The molecule has 188 valence electrons. The first kappa shape index (κ1) is 27.4. The van der Waals surface area contributed by atoms with E-state index in [0.717, 1.165) is 10.1 Å². The molecule has 0 saturated carbocycles. The number of hydroxylamine groups is 4. The Balaban J connectivity index is 2.00. The van der Waals surface area contributed by atoms with E-state index in [-0.39, 0.29) is 9.98 Å². The summed E-state index contributed by atoms with van der Waals surface area (Å²) in [4.78, 5) is 34.2. The molecule has 0 heterocycles. The Kier molecular flexibility index (Phi) is 9.85. The van der Waals surface area contributed by atoms with Gasteiger partial charge in [0.2, 0.25) is 0 Å². The molecule has 0 amide bonds. The van der Waals surface area contributed by atoms with E-state index in [1.54, 1.807) is 36.4 Å². The lowest BCUT2D eigenvalue weighted by molar-refractivity contribution is -0.0813. The normalized spacial score (nSPS) is 9.89. The van der Waals surface area contributed by atoms with Gasteiger partial charge in [0.25, 0.3) is 0 Å². The number of methoxy groups -OCH3 is 4. The van der Waals surface area contributed by atoms with Crippen molar-refractivity contribution in [3.05, 3.63) is 47.5 Å². The summed E-state index contributed by atoms with van der Waals surface area (Å²) in [6.07, 6.45) is -2.78. The zero-order valence-electron chi connectivity index (χ0n) is 19.8. The van der Waals surface area contributed by atoms with Crippen molar-refractivity contribution in [2.24, 2.45) is 0 Å². The van der Waals surface area contributed by atoms with Crippen molar-refractivity contribution in [3.8, 4) is 23.0 Å². The Hall–Kier alpha value is -3.84. The Morgan fingerprint density at radius 2 is 1.03 bits per heavy atom. The molecular weight excluding hydrogens is 500 g/mol. The molecule has 0 saturated heterocycles. The van der Waals surface area contributed by atoms with Crippen molar-refractivity contribution >= 4 is 46.7 Å². The third kappa shape index (κ3) is 7.07. The van der Waals surface area contributed by atoms with E-state index in [1.807, 2.05) is 0 Å². The highest BCUT2D eigenvalue weighted by Crippen LogP contribution is 2.27. The van der Waals surface area contributed by atoms with Crippen molar-refractivity contribution < 1.29 is 42.9 Å². The number of carbonyl (C=O) groups excluding carboxylic acids is 2. The standard InChI is InChI=1S/C22H24N2O9S2/c1-23(19(34)15-11-13(27-3)7-9-17(15)29-5)32-21(25)31-22(26)33-24(2)20(35)16-12-14(28-4)8-10-18(16)30-6/h7-12H,1-6H3. The fourth-order valence-corrected chi connectivity index (χ4v) is 3.11. The van der Waals surface area contributed by atoms with Crippen LogP contribution in [0.3, 0.4) is 0 Å². The Morgan fingerprint density at radius 3 is 1.34 bits per heavy atom. The second kappa shape index (κ2) is 12.6. The van der Waals surface area contributed by atoms with Crippen LogP contribution in [0.5, 0.6) is 23.0 Å². The summed E-state index contributed by atoms with van der Waals surface area (Å²) in [7, 11) is 8.60. The molecule has 0 unspecified atom stereocenters. The third-order valence-corrected chi connectivity index (χ3v) is 5.39. The van der Waals surface area contributed by atoms with E-state index < -0.39 is 12.3 Å². The molecule has 0 N–H and O–H groups in total. The van der Waals surface area contributed by atoms with Crippen LogP contribution in [0.15, 0.2) is 36.4 Å². The number of thiocarbonyl (C=S) groups is 2. The van der Waals surface area contributed by atoms with Crippen molar-refractivity contribution in [1.82, 2.24) is 10.1 Å². The molecule has 2 aromatic carbocycles. The second-order valence-corrected chi connectivity index (χ2v) is 7.30. The van der Waals surface area contributed by atoms with Crippen LogP contribution in [0, 0.1) is 0 Å². The molecule has 0 aliphatic rings. The largest absolute Gasteiger partial charge is 0.543 e. The van der Waals surface area contributed by atoms with Gasteiger partial charge in [-0.25, -0.2) is 9.59 Å². The van der Waals surface area contributed by atoms with Gasteiger partial charge in [0.15, 0.2) is 0 Å². The maximum absolute atomic E-state index is 12.1. The minimum absolute atomic E-state index is 0.0643. The highest BCUT2D eigenvalue weighted by atomic mass is 32.1. The van der Waals surface area contributed by atoms with Gasteiger partial charge in [-0.15, -0.1) is 0 Å². The SMILES string of the molecule is COc1ccc(OC)c(C(=S)N(C)OC(=O)OC(=O)ON(C)C(=S)c2cc(OC)ccc2OC)c1. The van der Waals surface area contributed by atoms with Gasteiger partial charge in [-0.05, 0) is 36.4 Å². The van der Waals surface area contributed by atoms with E-state index >= 15 is 0 Å². The number of nitrogens with zero attached hydrogens (tertiary/aromatic N) is 2. The highest BCUT2D eigenvalue weighted by Gasteiger charge is 2.24. The molecule has 0 fully saturated rings. The van der Waals surface area contributed by atoms with Gasteiger partial charge in [-0.3, -0.25) is 0 Å². The van der Waals surface area contributed by atoms with E-state index in [2.05, 4.69) is 4.74 Å². The summed E-state index contributed by atoms with van der Waals surface area (Å²) in [5.74, 6) is 1.85. The lowest BCUT2D eigenvalue weighted by Gasteiger charge is -2.21. The van der Waals surface area contributed by atoms with E-state index in [0.29, 0.717) is 34.1 Å². The summed E-state index contributed by atoms with van der Waals surface area (Å²) in [6, 6.07) is 9.84. The predicted molar refractivity (Wildman–Crippen MR) is 132 cm³/mol. The van der Waals surface area contributed by atoms with Gasteiger partial charge in [0.05, 0.1) is 39.6 Å². The molecule has 0 aromatic heterocycles. The molecule has 0 spiro atoms. The highest BCUT2D eigenvalue weighted by molar-refractivity contribution is 7.80. The van der Waals surface area contributed by atoms with Crippen LogP contribution in [-0.4, -0.2) is 74.9 Å². The number of hydrogen-bond acceptors (Lipinski definition) is 11. The van der Waals surface area contributed by atoms with Crippen LogP contribution in [0.1, 0.15) is 11.1 Å². The Labute approximate surface area is 212 Å². The quantitative estimate of drug-likeness (QED) is 0.237. The third-order valence-electron chi connectivity index (χ3n) is 4.44. The molecule has 0 aliphatic heterocycles. The molecule has 35 heavy (non-hydrogen) atoms. The number of ether oxygens (including phenoxy) is 5. The van der Waals surface area contributed by atoms with Crippen LogP contribution in [0.4, 0.5) is 9.59 Å². The Morgan fingerprint density at radius 1 is 0.657 bits per heavy atom. The number of rotatable bonds is 6. The van der Waals surface area contributed by atoms with Crippen LogP contribution >= 0.6 is 24.4 Å². The van der Waals surface area contributed by atoms with Gasteiger partial charge in [0, 0.05) is 14.1 Å². The van der Waals surface area contributed by atoms with Crippen molar-refractivity contribution in [2.75, 3.05) is 42.5 Å². The fourth-order valence-electron chi connectivity index (χ4n) is 2.71. The van der Waals surface area contributed by atoms with Crippen molar-refractivity contribution in [2.45, 2.75) is 0 Å². The van der Waals surface area contributed by atoms with E-state index in [1.165, 1.54) is 42.5 Å². The fraction of sp³-hybridized carbons (Fsp3) is 0.273. The first-order valence-electron chi connectivity index (χ1n) is 9.77. The zero-order chi connectivity index (χ0) is 26.1. The van der Waals surface area contributed by atoms with E-state index in [9.17, 15) is 9.59 Å². The first-order valence-corrected chi connectivity index (χ1v) is 10.6. The van der Waals surface area contributed by atoms with Crippen LogP contribution in [0.2, 0.25) is 0 Å². The number of carbonyl (C=O) groups is 2. The molecule has 0 radical (unpaired) electrons. The molecular formula is C22H24N2O9S2. The maximum atomic E-state index is 12.1. The van der Waals surface area contributed by atoms with Gasteiger partial charge < -0.3 is 33.4 Å². The summed E-state index contributed by atoms with van der Waals surface area (Å²) in [5.41, 5.74) is 0.828. The molecule has 2 aromatic rings. The molecule has 0 atom stereocenters.